The molecule has 0 unspecified atom stereocenters. The van der Waals surface area contributed by atoms with E-state index in [4.69, 9.17) is 9.84 Å². The predicted molar refractivity (Wildman–Crippen MR) is 78.4 cm³/mol. The van der Waals surface area contributed by atoms with Gasteiger partial charge in [-0.3, -0.25) is 4.90 Å². The number of benzene rings is 2. The molecule has 0 aromatic heterocycles. The Labute approximate surface area is 119 Å². The van der Waals surface area contributed by atoms with E-state index in [1.807, 2.05) is 24.3 Å². The molecule has 104 valence electrons. The summed E-state index contributed by atoms with van der Waals surface area (Å²) in [6.07, 6.45) is 0. The first kappa shape index (κ1) is 13.2. The molecular formula is C17H19NO2. The van der Waals surface area contributed by atoms with Crippen molar-refractivity contribution in [3.05, 3.63) is 65.2 Å². The number of nitrogens with zero attached hydrogens (tertiary/aromatic N) is 1. The van der Waals surface area contributed by atoms with E-state index in [0.29, 0.717) is 0 Å². The second kappa shape index (κ2) is 6.07. The lowest BCUT2D eigenvalue weighted by Gasteiger charge is -2.19. The molecule has 0 aliphatic carbocycles. The average Bonchev–Trinajstić information content (AvgIpc) is 2.69. The van der Waals surface area contributed by atoms with Crippen molar-refractivity contribution < 1.29 is 9.84 Å². The lowest BCUT2D eigenvalue weighted by molar-refractivity contribution is 0.219. The van der Waals surface area contributed by atoms with Gasteiger partial charge < -0.3 is 9.84 Å². The molecule has 2 aromatic rings. The molecule has 0 radical (unpaired) electrons. The van der Waals surface area contributed by atoms with Crippen molar-refractivity contribution in [2.45, 2.75) is 19.7 Å². The number of fused-ring (bicyclic) bond motifs is 1. The topological polar surface area (TPSA) is 32.7 Å². The predicted octanol–water partition coefficient (Wildman–Crippen LogP) is 2.57. The Morgan fingerprint density at radius 2 is 1.75 bits per heavy atom. The molecule has 0 atom stereocenters. The Kier molecular flexibility index (Phi) is 4.00. The molecule has 1 heterocycles. The number of hydrogen-bond donors (Lipinski definition) is 1. The fraction of sp³-hybridized carbons (Fsp3) is 0.294. The Hall–Kier alpha value is -1.84. The minimum Gasteiger partial charge on any atom is -0.492 e. The van der Waals surface area contributed by atoms with Crippen LogP contribution in [0, 0.1) is 0 Å². The molecular weight excluding hydrogens is 250 g/mol. The molecule has 0 spiro atoms. The summed E-state index contributed by atoms with van der Waals surface area (Å²) >= 11 is 0. The highest BCUT2D eigenvalue weighted by Crippen LogP contribution is 2.23. The number of hydrogen-bond acceptors (Lipinski definition) is 3. The molecule has 20 heavy (non-hydrogen) atoms. The standard InChI is InChI=1S/C17H19NO2/c19-13-15-7-5-14(6-8-15)11-18-9-10-20-17-4-2-1-3-16(17)12-18/h1-8,19H,9-13H2. The Morgan fingerprint density at radius 1 is 1.00 bits per heavy atom. The third kappa shape index (κ3) is 3.00. The monoisotopic (exact) mass is 269 g/mol. The van der Waals surface area contributed by atoms with Crippen molar-refractivity contribution in [3.63, 3.8) is 0 Å². The summed E-state index contributed by atoms with van der Waals surface area (Å²) in [7, 11) is 0. The van der Waals surface area contributed by atoms with Gasteiger partial charge >= 0.3 is 0 Å². The second-order valence-electron chi connectivity index (χ2n) is 5.14. The summed E-state index contributed by atoms with van der Waals surface area (Å²) in [4.78, 5) is 2.39. The zero-order chi connectivity index (χ0) is 13.8. The quantitative estimate of drug-likeness (QED) is 0.929. The minimum absolute atomic E-state index is 0.102. The van der Waals surface area contributed by atoms with Crippen molar-refractivity contribution in [2.24, 2.45) is 0 Å². The fourth-order valence-electron chi connectivity index (χ4n) is 2.52. The third-order valence-corrected chi connectivity index (χ3v) is 3.64. The first-order valence-electron chi connectivity index (χ1n) is 6.97. The van der Waals surface area contributed by atoms with Crippen LogP contribution in [0.3, 0.4) is 0 Å². The van der Waals surface area contributed by atoms with E-state index in [2.05, 4.69) is 29.2 Å². The van der Waals surface area contributed by atoms with Crippen LogP contribution in [0.4, 0.5) is 0 Å². The first-order valence-corrected chi connectivity index (χ1v) is 6.97. The molecule has 0 bridgehead atoms. The number of para-hydroxylation sites is 1. The van der Waals surface area contributed by atoms with Crippen LogP contribution in [0.25, 0.3) is 0 Å². The highest BCUT2D eigenvalue weighted by Gasteiger charge is 2.14. The SMILES string of the molecule is OCc1ccc(CN2CCOc3ccccc3C2)cc1. The molecule has 1 aliphatic rings. The van der Waals surface area contributed by atoms with Crippen LogP contribution < -0.4 is 4.74 Å². The van der Waals surface area contributed by atoms with Gasteiger partial charge in [-0.1, -0.05) is 42.5 Å². The van der Waals surface area contributed by atoms with Crippen molar-refractivity contribution in [1.82, 2.24) is 4.90 Å². The van der Waals surface area contributed by atoms with Gasteiger partial charge in [0.1, 0.15) is 12.4 Å². The summed E-state index contributed by atoms with van der Waals surface area (Å²) in [5.74, 6) is 1.01. The van der Waals surface area contributed by atoms with E-state index in [1.54, 1.807) is 0 Å². The van der Waals surface area contributed by atoms with Gasteiger partial charge in [0.2, 0.25) is 0 Å². The zero-order valence-corrected chi connectivity index (χ0v) is 11.5. The number of aliphatic hydroxyl groups is 1. The molecule has 1 N–H and O–H groups in total. The Morgan fingerprint density at radius 3 is 2.55 bits per heavy atom. The Bertz CT molecular complexity index is 565. The summed E-state index contributed by atoms with van der Waals surface area (Å²) in [6, 6.07) is 16.4. The normalized spacial score (nSPS) is 15.2. The first-order chi connectivity index (χ1) is 9.85. The van der Waals surface area contributed by atoms with Crippen molar-refractivity contribution >= 4 is 0 Å². The zero-order valence-electron chi connectivity index (χ0n) is 11.5. The van der Waals surface area contributed by atoms with Crippen LogP contribution in [0.2, 0.25) is 0 Å². The van der Waals surface area contributed by atoms with Gasteiger partial charge in [-0.2, -0.15) is 0 Å². The molecule has 0 fully saturated rings. The van der Waals surface area contributed by atoms with Crippen molar-refractivity contribution in [2.75, 3.05) is 13.2 Å². The molecule has 0 saturated heterocycles. The molecule has 3 heteroatoms. The molecule has 3 nitrogen and oxygen atoms in total. The van der Waals surface area contributed by atoms with Crippen molar-refractivity contribution in [1.29, 1.82) is 0 Å². The lowest BCUT2D eigenvalue weighted by atomic mass is 10.1. The fourth-order valence-corrected chi connectivity index (χ4v) is 2.52. The van der Waals surface area contributed by atoms with Crippen LogP contribution in [0.15, 0.2) is 48.5 Å². The highest BCUT2D eigenvalue weighted by molar-refractivity contribution is 5.34. The van der Waals surface area contributed by atoms with Crippen LogP contribution in [0.1, 0.15) is 16.7 Å². The average molecular weight is 269 g/mol. The second-order valence-corrected chi connectivity index (χ2v) is 5.14. The maximum Gasteiger partial charge on any atom is 0.123 e. The Balaban J connectivity index is 1.71. The maximum absolute atomic E-state index is 9.07. The number of aliphatic hydroxyl groups excluding tert-OH is 1. The lowest BCUT2D eigenvalue weighted by Crippen LogP contribution is -2.25. The van der Waals surface area contributed by atoms with Gasteiger partial charge in [0.25, 0.3) is 0 Å². The third-order valence-electron chi connectivity index (χ3n) is 3.64. The summed E-state index contributed by atoms with van der Waals surface area (Å²) in [5.41, 5.74) is 3.47. The minimum atomic E-state index is 0.102. The number of rotatable bonds is 3. The van der Waals surface area contributed by atoms with Gasteiger partial charge in [-0.25, -0.2) is 0 Å². The molecule has 0 amide bonds. The van der Waals surface area contributed by atoms with Crippen LogP contribution in [-0.4, -0.2) is 23.2 Å². The molecule has 3 rings (SSSR count). The maximum atomic E-state index is 9.07. The van der Waals surface area contributed by atoms with Crippen LogP contribution >= 0.6 is 0 Å². The molecule has 1 aliphatic heterocycles. The van der Waals surface area contributed by atoms with E-state index in [1.165, 1.54) is 11.1 Å². The van der Waals surface area contributed by atoms with E-state index in [-0.39, 0.29) is 6.61 Å². The molecule has 0 saturated carbocycles. The van der Waals surface area contributed by atoms with E-state index < -0.39 is 0 Å². The summed E-state index contributed by atoms with van der Waals surface area (Å²) in [5, 5.41) is 9.07. The van der Waals surface area contributed by atoms with Gasteiger partial charge in [-0.15, -0.1) is 0 Å². The van der Waals surface area contributed by atoms with E-state index in [0.717, 1.165) is 37.6 Å². The molecule has 2 aromatic carbocycles. The summed E-state index contributed by atoms with van der Waals surface area (Å²) in [6.45, 7) is 3.58. The van der Waals surface area contributed by atoms with Gasteiger partial charge in [0.05, 0.1) is 6.61 Å². The summed E-state index contributed by atoms with van der Waals surface area (Å²) < 4.78 is 5.78. The largest absolute Gasteiger partial charge is 0.492 e. The van der Waals surface area contributed by atoms with E-state index in [9.17, 15) is 0 Å². The number of ether oxygens (including phenoxy) is 1. The smallest absolute Gasteiger partial charge is 0.123 e. The van der Waals surface area contributed by atoms with Gasteiger partial charge in [-0.05, 0) is 17.2 Å². The van der Waals surface area contributed by atoms with Gasteiger partial charge in [0, 0.05) is 25.2 Å². The van der Waals surface area contributed by atoms with Gasteiger partial charge in [0.15, 0.2) is 0 Å². The van der Waals surface area contributed by atoms with Crippen LogP contribution in [0.5, 0.6) is 5.75 Å². The van der Waals surface area contributed by atoms with Crippen LogP contribution in [-0.2, 0) is 19.7 Å². The van der Waals surface area contributed by atoms with Crippen molar-refractivity contribution in [3.8, 4) is 5.75 Å². The highest BCUT2D eigenvalue weighted by atomic mass is 16.5. The van der Waals surface area contributed by atoms with E-state index >= 15 is 0 Å².